The fraction of sp³-hybridized carbons (Fsp3) is 0.455. The highest BCUT2D eigenvalue weighted by Gasteiger charge is 2.22. The molecule has 0 amide bonds. The summed E-state index contributed by atoms with van der Waals surface area (Å²) >= 11 is 0. The number of hydrogen-bond donors (Lipinski definition) is 0. The molecule has 0 radical (unpaired) electrons. The number of nitrogens with zero attached hydrogens (tertiary/aromatic N) is 3. The molecule has 14 heavy (non-hydrogen) atoms. The number of rotatable bonds is 2. The molecule has 0 aromatic carbocycles. The first-order valence-corrected chi connectivity index (χ1v) is 4.94. The summed E-state index contributed by atoms with van der Waals surface area (Å²) in [6, 6.07) is 1.89. The highest BCUT2D eigenvalue weighted by molar-refractivity contribution is 5.49. The Morgan fingerprint density at radius 3 is 2.93 bits per heavy atom. The molecule has 0 N–H and O–H groups in total. The van der Waals surface area contributed by atoms with Crippen LogP contribution in [0.4, 0.5) is 0 Å². The van der Waals surface area contributed by atoms with Crippen LogP contribution in [0.25, 0.3) is 5.65 Å². The van der Waals surface area contributed by atoms with Gasteiger partial charge in [-0.15, -0.1) is 0 Å². The third-order valence-electron chi connectivity index (χ3n) is 2.89. The fourth-order valence-corrected chi connectivity index (χ4v) is 1.50. The van der Waals surface area contributed by atoms with Crippen molar-refractivity contribution in [2.45, 2.75) is 32.6 Å². The Bertz CT molecular complexity index is 442. The van der Waals surface area contributed by atoms with E-state index < -0.39 is 0 Å². The lowest BCUT2D eigenvalue weighted by molar-refractivity contribution is 0.509. The van der Waals surface area contributed by atoms with E-state index in [1.165, 1.54) is 5.56 Å². The Morgan fingerprint density at radius 1 is 1.43 bits per heavy atom. The van der Waals surface area contributed by atoms with Crippen molar-refractivity contribution in [3.8, 4) is 0 Å². The van der Waals surface area contributed by atoms with Crippen molar-refractivity contribution in [3.05, 3.63) is 30.2 Å². The molecule has 3 heteroatoms. The van der Waals surface area contributed by atoms with Gasteiger partial charge in [0.05, 0.1) is 6.20 Å². The van der Waals surface area contributed by atoms with E-state index in [1.807, 2.05) is 29.2 Å². The van der Waals surface area contributed by atoms with Gasteiger partial charge < -0.3 is 0 Å². The normalized spacial score (nSPS) is 12.2. The van der Waals surface area contributed by atoms with Gasteiger partial charge in [-0.3, -0.25) is 0 Å². The lowest BCUT2D eigenvalue weighted by Gasteiger charge is -2.20. The maximum absolute atomic E-state index is 4.36. The molecular formula is C11H15N3. The van der Waals surface area contributed by atoms with Gasteiger partial charge in [0.1, 0.15) is 0 Å². The summed E-state index contributed by atoms with van der Waals surface area (Å²) < 4.78 is 1.83. The maximum atomic E-state index is 4.36. The SMILES string of the molecule is CCC(C)(C)c1cnn2cccnc12. The van der Waals surface area contributed by atoms with E-state index >= 15 is 0 Å². The smallest absolute Gasteiger partial charge is 0.158 e. The summed E-state index contributed by atoms with van der Waals surface area (Å²) in [7, 11) is 0. The van der Waals surface area contributed by atoms with Crippen molar-refractivity contribution in [3.63, 3.8) is 0 Å². The monoisotopic (exact) mass is 189 g/mol. The van der Waals surface area contributed by atoms with Crippen molar-refractivity contribution in [2.75, 3.05) is 0 Å². The van der Waals surface area contributed by atoms with Gasteiger partial charge in [0, 0.05) is 18.0 Å². The maximum Gasteiger partial charge on any atom is 0.158 e. The molecule has 0 aliphatic heterocycles. The van der Waals surface area contributed by atoms with Crippen LogP contribution in [0.5, 0.6) is 0 Å². The Balaban J connectivity index is 2.64. The zero-order chi connectivity index (χ0) is 10.2. The van der Waals surface area contributed by atoms with Crippen molar-refractivity contribution < 1.29 is 0 Å². The Labute approximate surface area is 83.8 Å². The molecule has 3 nitrogen and oxygen atoms in total. The molecule has 0 spiro atoms. The van der Waals surface area contributed by atoms with Crippen molar-refractivity contribution >= 4 is 5.65 Å². The summed E-state index contributed by atoms with van der Waals surface area (Å²) in [5.41, 5.74) is 2.34. The quantitative estimate of drug-likeness (QED) is 0.726. The van der Waals surface area contributed by atoms with Crippen LogP contribution in [0.15, 0.2) is 24.7 Å². The summed E-state index contributed by atoms with van der Waals surface area (Å²) in [5, 5.41) is 4.29. The summed E-state index contributed by atoms with van der Waals surface area (Å²) in [4.78, 5) is 4.36. The van der Waals surface area contributed by atoms with Gasteiger partial charge in [-0.05, 0) is 17.9 Å². The predicted octanol–water partition coefficient (Wildman–Crippen LogP) is 2.42. The van der Waals surface area contributed by atoms with Gasteiger partial charge in [-0.25, -0.2) is 9.50 Å². The minimum Gasteiger partial charge on any atom is -0.237 e. The van der Waals surface area contributed by atoms with Gasteiger partial charge in [0.2, 0.25) is 0 Å². The fourth-order valence-electron chi connectivity index (χ4n) is 1.50. The summed E-state index contributed by atoms with van der Waals surface area (Å²) in [6.45, 7) is 6.63. The average Bonchev–Trinajstić information content (AvgIpc) is 2.61. The first-order valence-electron chi connectivity index (χ1n) is 4.94. The Hall–Kier alpha value is -1.38. The minimum atomic E-state index is 0.149. The number of fused-ring (bicyclic) bond motifs is 1. The first-order chi connectivity index (χ1) is 6.65. The van der Waals surface area contributed by atoms with Crippen LogP contribution in [0.1, 0.15) is 32.8 Å². The largest absolute Gasteiger partial charge is 0.237 e. The third-order valence-corrected chi connectivity index (χ3v) is 2.89. The second-order valence-corrected chi connectivity index (χ2v) is 4.18. The molecular weight excluding hydrogens is 174 g/mol. The molecule has 0 fully saturated rings. The molecule has 0 bridgehead atoms. The van der Waals surface area contributed by atoms with E-state index in [4.69, 9.17) is 0 Å². The summed E-state index contributed by atoms with van der Waals surface area (Å²) in [6.07, 6.45) is 6.75. The Kier molecular flexibility index (Phi) is 2.02. The van der Waals surface area contributed by atoms with E-state index in [9.17, 15) is 0 Å². The van der Waals surface area contributed by atoms with Gasteiger partial charge in [-0.1, -0.05) is 20.8 Å². The molecule has 2 rings (SSSR count). The number of aromatic nitrogens is 3. The van der Waals surface area contributed by atoms with Crippen molar-refractivity contribution in [1.82, 2.24) is 14.6 Å². The van der Waals surface area contributed by atoms with E-state index in [0.717, 1.165) is 12.1 Å². The second kappa shape index (κ2) is 3.08. The van der Waals surface area contributed by atoms with Crippen LogP contribution in [0.3, 0.4) is 0 Å². The van der Waals surface area contributed by atoms with E-state index in [2.05, 4.69) is 30.9 Å². The predicted molar refractivity (Wildman–Crippen MR) is 56.3 cm³/mol. The van der Waals surface area contributed by atoms with Crippen LogP contribution in [0, 0.1) is 0 Å². The third kappa shape index (κ3) is 1.29. The summed E-state index contributed by atoms with van der Waals surface area (Å²) in [5.74, 6) is 0. The number of hydrogen-bond acceptors (Lipinski definition) is 2. The molecule has 74 valence electrons. The average molecular weight is 189 g/mol. The highest BCUT2D eigenvalue weighted by Crippen LogP contribution is 2.28. The molecule has 0 saturated heterocycles. The topological polar surface area (TPSA) is 30.2 Å². The minimum absolute atomic E-state index is 0.149. The molecule has 0 aliphatic rings. The van der Waals surface area contributed by atoms with Gasteiger partial charge >= 0.3 is 0 Å². The van der Waals surface area contributed by atoms with Crippen molar-refractivity contribution in [1.29, 1.82) is 0 Å². The molecule has 2 heterocycles. The first kappa shape index (κ1) is 9.19. The second-order valence-electron chi connectivity index (χ2n) is 4.18. The standard InChI is InChI=1S/C11H15N3/c1-4-11(2,3)9-8-13-14-7-5-6-12-10(9)14/h5-8H,4H2,1-3H3. The van der Waals surface area contributed by atoms with Crippen LogP contribution in [-0.2, 0) is 5.41 Å². The molecule has 2 aromatic rings. The highest BCUT2D eigenvalue weighted by atomic mass is 15.2. The van der Waals surface area contributed by atoms with Gasteiger partial charge in [0.15, 0.2) is 5.65 Å². The van der Waals surface area contributed by atoms with Crippen LogP contribution < -0.4 is 0 Å². The zero-order valence-corrected chi connectivity index (χ0v) is 8.86. The van der Waals surface area contributed by atoms with Crippen LogP contribution in [-0.4, -0.2) is 14.6 Å². The Morgan fingerprint density at radius 2 is 2.21 bits per heavy atom. The molecule has 0 saturated carbocycles. The zero-order valence-electron chi connectivity index (χ0n) is 8.86. The lowest BCUT2D eigenvalue weighted by Crippen LogP contribution is -2.15. The van der Waals surface area contributed by atoms with E-state index in [0.29, 0.717) is 0 Å². The van der Waals surface area contributed by atoms with Crippen LogP contribution >= 0.6 is 0 Å². The van der Waals surface area contributed by atoms with Gasteiger partial charge in [0.25, 0.3) is 0 Å². The molecule has 0 atom stereocenters. The van der Waals surface area contributed by atoms with E-state index in [-0.39, 0.29) is 5.41 Å². The van der Waals surface area contributed by atoms with Gasteiger partial charge in [-0.2, -0.15) is 5.10 Å². The molecule has 0 unspecified atom stereocenters. The van der Waals surface area contributed by atoms with Crippen molar-refractivity contribution in [2.24, 2.45) is 0 Å². The molecule has 2 aromatic heterocycles. The lowest BCUT2D eigenvalue weighted by atomic mass is 9.84. The molecule has 0 aliphatic carbocycles. The van der Waals surface area contributed by atoms with Crippen LogP contribution in [0.2, 0.25) is 0 Å². The van der Waals surface area contributed by atoms with E-state index in [1.54, 1.807) is 0 Å².